The molecule has 4 nitrogen and oxygen atoms in total. The second kappa shape index (κ2) is 8.11. The molecule has 0 N–H and O–H groups in total. The van der Waals surface area contributed by atoms with Crippen molar-refractivity contribution in [2.24, 2.45) is 0 Å². The van der Waals surface area contributed by atoms with Crippen LogP contribution in [0, 0.1) is 6.92 Å². The topological polar surface area (TPSA) is 40.6 Å². The van der Waals surface area contributed by atoms with Gasteiger partial charge in [-0.2, -0.15) is 0 Å². The van der Waals surface area contributed by atoms with Gasteiger partial charge in [0.25, 0.3) is 0 Å². The van der Waals surface area contributed by atoms with Crippen LogP contribution < -0.4 is 9.80 Å². The van der Waals surface area contributed by atoms with Crippen LogP contribution in [-0.2, 0) is 9.59 Å². The Morgan fingerprint density at radius 3 is 2.21 bits per heavy atom. The number of hydrogen-bond acceptors (Lipinski definition) is 2. The molecule has 2 aromatic carbocycles. The van der Waals surface area contributed by atoms with E-state index in [2.05, 4.69) is 15.9 Å². The van der Waals surface area contributed by atoms with Crippen molar-refractivity contribution in [3.8, 4) is 0 Å². The second-order valence-corrected chi connectivity index (χ2v) is 6.37. The molecule has 0 radical (unpaired) electrons. The highest BCUT2D eigenvalue weighted by Gasteiger charge is 2.21. The molecule has 5 heteroatoms. The van der Waals surface area contributed by atoms with Crippen LogP contribution in [0.25, 0.3) is 0 Å². The number of hydrogen-bond donors (Lipinski definition) is 0. The Morgan fingerprint density at radius 1 is 1.00 bits per heavy atom. The average Bonchev–Trinajstić information content (AvgIpc) is 2.57. The van der Waals surface area contributed by atoms with Crippen LogP contribution in [0.5, 0.6) is 0 Å². The van der Waals surface area contributed by atoms with E-state index in [-0.39, 0.29) is 18.4 Å². The highest BCUT2D eigenvalue weighted by molar-refractivity contribution is 9.10. The van der Waals surface area contributed by atoms with E-state index in [1.165, 1.54) is 11.8 Å². The third-order valence-electron chi connectivity index (χ3n) is 3.81. The summed E-state index contributed by atoms with van der Waals surface area (Å²) in [4.78, 5) is 28.0. The number of likely N-dealkylation sites (N-methyl/N-ethyl adjacent to an activating group) is 1. The maximum absolute atomic E-state index is 12.7. The summed E-state index contributed by atoms with van der Waals surface area (Å²) >= 11 is 3.45. The van der Waals surface area contributed by atoms with Crippen LogP contribution in [0.2, 0.25) is 0 Å². The third kappa shape index (κ3) is 4.23. The van der Waals surface area contributed by atoms with E-state index in [0.29, 0.717) is 6.54 Å². The molecule has 0 saturated carbocycles. The number of para-hydroxylation sites is 1. The number of carbonyl (C=O) groups is 2. The lowest BCUT2D eigenvalue weighted by atomic mass is 10.2. The highest BCUT2D eigenvalue weighted by Crippen LogP contribution is 2.23. The summed E-state index contributed by atoms with van der Waals surface area (Å²) in [6, 6.07) is 15.1. The van der Waals surface area contributed by atoms with Crippen molar-refractivity contribution in [1.82, 2.24) is 0 Å². The van der Waals surface area contributed by atoms with Crippen LogP contribution in [0.4, 0.5) is 11.4 Å². The third-order valence-corrected chi connectivity index (χ3v) is 4.70. The van der Waals surface area contributed by atoms with Crippen LogP contribution in [-0.4, -0.2) is 24.9 Å². The number of aryl methyl sites for hydroxylation is 1. The fraction of sp³-hybridized carbons (Fsp3) is 0.263. The Balaban J connectivity index is 2.25. The van der Waals surface area contributed by atoms with Crippen molar-refractivity contribution in [3.05, 3.63) is 58.6 Å². The van der Waals surface area contributed by atoms with Crippen LogP contribution >= 0.6 is 15.9 Å². The molecule has 0 aliphatic rings. The zero-order valence-electron chi connectivity index (χ0n) is 14.1. The quantitative estimate of drug-likeness (QED) is 0.771. The first-order valence-electron chi connectivity index (χ1n) is 7.83. The van der Waals surface area contributed by atoms with Crippen molar-refractivity contribution in [3.63, 3.8) is 0 Å². The summed E-state index contributed by atoms with van der Waals surface area (Å²) in [7, 11) is 0. The molecule has 126 valence electrons. The summed E-state index contributed by atoms with van der Waals surface area (Å²) in [6.45, 7) is 5.92. The van der Waals surface area contributed by atoms with E-state index in [0.717, 1.165) is 21.4 Å². The zero-order valence-corrected chi connectivity index (χ0v) is 15.7. The van der Waals surface area contributed by atoms with E-state index >= 15 is 0 Å². The van der Waals surface area contributed by atoms with Gasteiger partial charge in [-0.3, -0.25) is 9.59 Å². The summed E-state index contributed by atoms with van der Waals surface area (Å²) in [5.41, 5.74) is 2.57. The van der Waals surface area contributed by atoms with Crippen molar-refractivity contribution >= 4 is 39.1 Å². The molecule has 2 rings (SSSR count). The monoisotopic (exact) mass is 388 g/mol. The zero-order chi connectivity index (χ0) is 17.7. The van der Waals surface area contributed by atoms with Crippen molar-refractivity contribution in [2.75, 3.05) is 22.9 Å². The fourth-order valence-electron chi connectivity index (χ4n) is 2.51. The van der Waals surface area contributed by atoms with Gasteiger partial charge in [0.05, 0.1) is 0 Å². The van der Waals surface area contributed by atoms with Gasteiger partial charge in [-0.1, -0.05) is 34.1 Å². The van der Waals surface area contributed by atoms with Gasteiger partial charge in [-0.25, -0.2) is 0 Å². The number of carbonyl (C=O) groups excluding carboxylic acids is 2. The summed E-state index contributed by atoms with van der Waals surface area (Å²) in [5, 5.41) is 0. The highest BCUT2D eigenvalue weighted by atomic mass is 79.9. The van der Waals surface area contributed by atoms with Crippen LogP contribution in [0.15, 0.2) is 53.0 Å². The predicted molar refractivity (Wildman–Crippen MR) is 101 cm³/mol. The number of amides is 2. The molecule has 0 spiro atoms. The maximum Gasteiger partial charge on any atom is 0.247 e. The van der Waals surface area contributed by atoms with E-state index in [9.17, 15) is 9.59 Å². The van der Waals surface area contributed by atoms with Gasteiger partial charge in [0, 0.05) is 29.3 Å². The molecule has 0 aliphatic heterocycles. The molecule has 0 aromatic heterocycles. The van der Waals surface area contributed by atoms with Gasteiger partial charge in [0.1, 0.15) is 6.54 Å². The predicted octanol–water partition coefficient (Wildman–Crippen LogP) is 4.16. The first-order valence-corrected chi connectivity index (χ1v) is 8.63. The molecule has 2 aromatic rings. The van der Waals surface area contributed by atoms with Gasteiger partial charge >= 0.3 is 0 Å². The minimum absolute atomic E-state index is 0.0130. The SMILES string of the molecule is CCN(C(=O)CN(C(C)=O)c1ccc(Br)c(C)c1)c1ccccc1. The first kappa shape index (κ1) is 18.2. The number of nitrogens with zero attached hydrogens (tertiary/aromatic N) is 2. The molecule has 2 amide bonds. The van der Waals surface area contributed by atoms with Crippen molar-refractivity contribution < 1.29 is 9.59 Å². The Morgan fingerprint density at radius 2 is 1.67 bits per heavy atom. The summed E-state index contributed by atoms with van der Waals surface area (Å²) < 4.78 is 0.973. The molecule has 0 atom stereocenters. The molecule has 0 aliphatic carbocycles. The molecule has 0 bridgehead atoms. The summed E-state index contributed by atoms with van der Waals surface area (Å²) in [6.07, 6.45) is 0. The smallest absolute Gasteiger partial charge is 0.247 e. The Labute approximate surface area is 151 Å². The van der Waals surface area contributed by atoms with Crippen LogP contribution in [0.3, 0.4) is 0 Å². The van der Waals surface area contributed by atoms with Gasteiger partial charge < -0.3 is 9.80 Å². The first-order chi connectivity index (χ1) is 11.4. The van der Waals surface area contributed by atoms with Crippen molar-refractivity contribution in [1.29, 1.82) is 0 Å². The van der Waals surface area contributed by atoms with E-state index in [1.54, 1.807) is 4.90 Å². The maximum atomic E-state index is 12.7. The number of anilines is 2. The number of halogens is 1. The lowest BCUT2D eigenvalue weighted by molar-refractivity contribution is -0.121. The van der Waals surface area contributed by atoms with E-state index in [1.807, 2.05) is 62.4 Å². The lowest BCUT2D eigenvalue weighted by Gasteiger charge is -2.26. The van der Waals surface area contributed by atoms with E-state index in [4.69, 9.17) is 0 Å². The molecule has 0 heterocycles. The van der Waals surface area contributed by atoms with Gasteiger partial charge in [0.15, 0.2) is 0 Å². The minimum Gasteiger partial charge on any atom is -0.311 e. The molecule has 0 saturated heterocycles. The molecular weight excluding hydrogens is 368 g/mol. The van der Waals surface area contributed by atoms with Gasteiger partial charge in [-0.15, -0.1) is 0 Å². The van der Waals surface area contributed by atoms with Gasteiger partial charge in [0.2, 0.25) is 11.8 Å². The van der Waals surface area contributed by atoms with E-state index < -0.39 is 0 Å². The standard InChI is InChI=1S/C19H21BrN2O2/c1-4-21(16-8-6-5-7-9-16)19(24)13-22(15(3)23)17-10-11-18(20)14(2)12-17/h5-12H,4,13H2,1-3H3. The Kier molecular flexibility index (Phi) is 6.15. The fourth-order valence-corrected chi connectivity index (χ4v) is 2.76. The Bertz CT molecular complexity index is 731. The molecule has 0 fully saturated rings. The number of benzene rings is 2. The van der Waals surface area contributed by atoms with Crippen molar-refractivity contribution in [2.45, 2.75) is 20.8 Å². The van der Waals surface area contributed by atoms with Gasteiger partial charge in [-0.05, 0) is 49.7 Å². The average molecular weight is 389 g/mol. The molecular formula is C19H21BrN2O2. The molecule has 24 heavy (non-hydrogen) atoms. The number of rotatable bonds is 5. The Hall–Kier alpha value is -2.14. The summed E-state index contributed by atoms with van der Waals surface area (Å²) in [5.74, 6) is -0.270. The molecule has 0 unspecified atom stereocenters. The van der Waals surface area contributed by atoms with Crippen LogP contribution in [0.1, 0.15) is 19.4 Å². The normalized spacial score (nSPS) is 10.3. The lowest BCUT2D eigenvalue weighted by Crippen LogP contribution is -2.42. The minimum atomic E-state index is -0.158. The largest absolute Gasteiger partial charge is 0.311 e. The second-order valence-electron chi connectivity index (χ2n) is 5.51.